The molecule has 1 atom stereocenters. The minimum atomic E-state index is -1.05. The Balaban J connectivity index is 2.65. The molecule has 2 rings (SSSR count). The van der Waals surface area contributed by atoms with Crippen LogP contribution in [0.4, 0.5) is 0 Å². The zero-order chi connectivity index (χ0) is 13.4. The Hall–Kier alpha value is -2.17. The van der Waals surface area contributed by atoms with E-state index in [1.165, 1.54) is 14.2 Å². The van der Waals surface area contributed by atoms with E-state index in [2.05, 4.69) is 4.74 Å². The summed E-state index contributed by atoms with van der Waals surface area (Å²) < 4.78 is 4.64. The lowest BCUT2D eigenvalue weighted by molar-refractivity contribution is -0.148. The van der Waals surface area contributed by atoms with E-state index in [9.17, 15) is 14.4 Å². The molecular formula is C13H13NO4. The van der Waals surface area contributed by atoms with Crippen LogP contribution in [0.1, 0.15) is 27.4 Å². The predicted octanol–water partition coefficient (Wildman–Crippen LogP) is 0.864. The molecule has 5 nitrogen and oxygen atoms in total. The number of esters is 1. The highest BCUT2D eigenvalue weighted by atomic mass is 16.5. The van der Waals surface area contributed by atoms with Gasteiger partial charge in [-0.2, -0.15) is 0 Å². The Bertz CT molecular complexity index is 550. The first-order chi connectivity index (χ1) is 8.47. The molecule has 0 saturated carbocycles. The van der Waals surface area contributed by atoms with Crippen LogP contribution in [-0.4, -0.2) is 36.8 Å². The minimum Gasteiger partial charge on any atom is -0.468 e. The van der Waals surface area contributed by atoms with Gasteiger partial charge < -0.3 is 4.74 Å². The molecule has 0 radical (unpaired) electrons. The monoisotopic (exact) mass is 247 g/mol. The van der Waals surface area contributed by atoms with Crippen LogP contribution in [0.15, 0.2) is 18.2 Å². The number of amides is 2. The fourth-order valence-electron chi connectivity index (χ4n) is 2.07. The van der Waals surface area contributed by atoms with Crippen LogP contribution < -0.4 is 0 Å². The molecule has 94 valence electrons. The molecule has 0 aliphatic carbocycles. The van der Waals surface area contributed by atoms with Crippen LogP contribution in [-0.2, 0) is 14.3 Å². The summed E-state index contributed by atoms with van der Waals surface area (Å²) in [7, 11) is 2.59. The highest BCUT2D eigenvalue weighted by molar-refractivity contribution is 6.17. The molecule has 1 aromatic rings. The van der Waals surface area contributed by atoms with E-state index in [0.29, 0.717) is 11.1 Å². The standard InChI is InChI=1S/C13H13NO4/c1-7-4-5-8-9(6-7)10(13(17)18-3)12(16)14(2)11(8)15/h4-6,10H,1-3H3. The predicted molar refractivity (Wildman–Crippen MR) is 63.0 cm³/mol. The second-order valence-corrected chi connectivity index (χ2v) is 4.25. The molecule has 0 bridgehead atoms. The van der Waals surface area contributed by atoms with Crippen molar-refractivity contribution >= 4 is 17.8 Å². The van der Waals surface area contributed by atoms with Crippen molar-refractivity contribution in [2.24, 2.45) is 0 Å². The van der Waals surface area contributed by atoms with Gasteiger partial charge >= 0.3 is 5.97 Å². The number of aryl methyl sites for hydroxylation is 1. The number of carbonyl (C=O) groups is 3. The van der Waals surface area contributed by atoms with Gasteiger partial charge in [-0.1, -0.05) is 17.7 Å². The quantitative estimate of drug-likeness (QED) is 0.419. The minimum absolute atomic E-state index is 0.373. The van der Waals surface area contributed by atoms with Crippen LogP contribution in [0.5, 0.6) is 0 Å². The lowest BCUT2D eigenvalue weighted by Crippen LogP contribution is -2.45. The third-order valence-corrected chi connectivity index (χ3v) is 3.07. The first kappa shape index (κ1) is 12.3. The molecule has 0 spiro atoms. The normalized spacial score (nSPS) is 18.6. The SMILES string of the molecule is COC(=O)C1C(=O)N(C)C(=O)c2ccc(C)cc21. The summed E-state index contributed by atoms with van der Waals surface area (Å²) in [5.41, 5.74) is 1.68. The molecular weight excluding hydrogens is 234 g/mol. The number of benzene rings is 1. The van der Waals surface area contributed by atoms with E-state index in [4.69, 9.17) is 0 Å². The Morgan fingerprint density at radius 2 is 2.00 bits per heavy atom. The summed E-state index contributed by atoms with van der Waals surface area (Å²) in [4.78, 5) is 36.6. The summed E-state index contributed by atoms with van der Waals surface area (Å²) in [5, 5.41) is 0. The van der Waals surface area contributed by atoms with E-state index in [1.54, 1.807) is 18.2 Å². The van der Waals surface area contributed by atoms with Crippen LogP contribution in [0.2, 0.25) is 0 Å². The second kappa shape index (κ2) is 4.25. The topological polar surface area (TPSA) is 63.7 Å². The lowest BCUT2D eigenvalue weighted by Gasteiger charge is -2.28. The average molecular weight is 247 g/mol. The number of rotatable bonds is 1. The maximum Gasteiger partial charge on any atom is 0.322 e. The molecule has 0 fully saturated rings. The maximum absolute atomic E-state index is 12.0. The third kappa shape index (κ3) is 1.68. The number of nitrogens with zero attached hydrogens (tertiary/aromatic N) is 1. The first-order valence-corrected chi connectivity index (χ1v) is 5.47. The van der Waals surface area contributed by atoms with Gasteiger partial charge in [0.1, 0.15) is 0 Å². The molecule has 0 saturated heterocycles. The number of imide groups is 1. The third-order valence-electron chi connectivity index (χ3n) is 3.07. The Labute approximate surface area is 104 Å². The fourth-order valence-corrected chi connectivity index (χ4v) is 2.07. The van der Waals surface area contributed by atoms with Crippen molar-refractivity contribution in [2.75, 3.05) is 14.2 Å². The maximum atomic E-state index is 12.0. The van der Waals surface area contributed by atoms with E-state index >= 15 is 0 Å². The summed E-state index contributed by atoms with van der Waals surface area (Å²) in [6.45, 7) is 1.84. The Morgan fingerprint density at radius 3 is 2.61 bits per heavy atom. The molecule has 1 unspecified atom stereocenters. The summed E-state index contributed by atoms with van der Waals surface area (Å²) in [6.07, 6.45) is 0. The summed E-state index contributed by atoms with van der Waals surface area (Å²) in [5.74, 6) is -2.64. The number of carbonyl (C=O) groups excluding carboxylic acids is 3. The van der Waals surface area contributed by atoms with Crippen molar-refractivity contribution in [2.45, 2.75) is 12.8 Å². The molecule has 0 aromatic heterocycles. The molecule has 1 aliphatic heterocycles. The fraction of sp³-hybridized carbons (Fsp3) is 0.308. The van der Waals surface area contributed by atoms with Gasteiger partial charge in [-0.15, -0.1) is 0 Å². The zero-order valence-corrected chi connectivity index (χ0v) is 10.4. The molecule has 0 N–H and O–H groups in total. The van der Waals surface area contributed by atoms with Gasteiger partial charge in [-0.05, 0) is 18.6 Å². The van der Waals surface area contributed by atoms with E-state index < -0.39 is 23.7 Å². The van der Waals surface area contributed by atoms with Gasteiger partial charge in [0.15, 0.2) is 5.92 Å². The molecule has 1 aliphatic rings. The van der Waals surface area contributed by atoms with Gasteiger partial charge in [-0.3, -0.25) is 19.3 Å². The highest BCUT2D eigenvalue weighted by Gasteiger charge is 2.41. The van der Waals surface area contributed by atoms with Crippen molar-refractivity contribution in [1.29, 1.82) is 0 Å². The Kier molecular flexibility index (Phi) is 2.90. The molecule has 5 heteroatoms. The average Bonchev–Trinajstić information content (AvgIpc) is 2.35. The number of hydrogen-bond acceptors (Lipinski definition) is 4. The number of likely N-dealkylation sites (N-methyl/N-ethyl adjacent to an activating group) is 1. The highest BCUT2D eigenvalue weighted by Crippen LogP contribution is 2.30. The van der Waals surface area contributed by atoms with Crippen molar-refractivity contribution in [3.05, 3.63) is 34.9 Å². The molecule has 18 heavy (non-hydrogen) atoms. The number of methoxy groups -OCH3 is 1. The number of hydrogen-bond donors (Lipinski definition) is 0. The second-order valence-electron chi connectivity index (χ2n) is 4.25. The van der Waals surface area contributed by atoms with Gasteiger partial charge in [0, 0.05) is 12.6 Å². The zero-order valence-electron chi connectivity index (χ0n) is 10.4. The molecule has 1 aromatic carbocycles. The number of ether oxygens (including phenoxy) is 1. The molecule has 1 heterocycles. The van der Waals surface area contributed by atoms with Crippen LogP contribution in [0.25, 0.3) is 0 Å². The largest absolute Gasteiger partial charge is 0.468 e. The van der Waals surface area contributed by atoms with Crippen LogP contribution in [0, 0.1) is 6.92 Å². The van der Waals surface area contributed by atoms with Crippen LogP contribution in [0.3, 0.4) is 0 Å². The number of fused-ring (bicyclic) bond motifs is 1. The van der Waals surface area contributed by atoms with Crippen molar-refractivity contribution in [3.63, 3.8) is 0 Å². The van der Waals surface area contributed by atoms with Crippen LogP contribution >= 0.6 is 0 Å². The van der Waals surface area contributed by atoms with Gasteiger partial charge in [0.25, 0.3) is 5.91 Å². The molecule has 2 amide bonds. The van der Waals surface area contributed by atoms with Crippen molar-refractivity contribution in [1.82, 2.24) is 4.90 Å². The van der Waals surface area contributed by atoms with Gasteiger partial charge in [0.2, 0.25) is 5.91 Å². The summed E-state index contributed by atoms with van der Waals surface area (Å²) in [6, 6.07) is 5.08. The lowest BCUT2D eigenvalue weighted by atomic mass is 9.87. The van der Waals surface area contributed by atoms with Crippen molar-refractivity contribution in [3.8, 4) is 0 Å². The Morgan fingerprint density at radius 1 is 1.33 bits per heavy atom. The van der Waals surface area contributed by atoms with Gasteiger partial charge in [-0.25, -0.2) is 0 Å². The van der Waals surface area contributed by atoms with Gasteiger partial charge in [0.05, 0.1) is 7.11 Å². The van der Waals surface area contributed by atoms with E-state index in [0.717, 1.165) is 10.5 Å². The van der Waals surface area contributed by atoms with E-state index in [-0.39, 0.29) is 0 Å². The first-order valence-electron chi connectivity index (χ1n) is 5.47. The summed E-state index contributed by atoms with van der Waals surface area (Å²) >= 11 is 0. The smallest absolute Gasteiger partial charge is 0.322 e. The van der Waals surface area contributed by atoms with Crippen molar-refractivity contribution < 1.29 is 19.1 Å². The van der Waals surface area contributed by atoms with E-state index in [1.807, 2.05) is 6.92 Å².